The molecule has 0 bridgehead atoms. The lowest BCUT2D eigenvalue weighted by molar-refractivity contribution is -0.120. The molecule has 1 aromatic carbocycles. The van der Waals surface area contributed by atoms with Crippen molar-refractivity contribution in [2.75, 3.05) is 19.6 Å². The first kappa shape index (κ1) is 15.9. The lowest BCUT2D eigenvalue weighted by Gasteiger charge is -2.09. The van der Waals surface area contributed by atoms with Gasteiger partial charge < -0.3 is 10.6 Å². The van der Waals surface area contributed by atoms with Gasteiger partial charge in [0.25, 0.3) is 0 Å². The number of benzene rings is 1. The van der Waals surface area contributed by atoms with Crippen molar-refractivity contribution < 1.29 is 9.18 Å². The van der Waals surface area contributed by atoms with E-state index in [2.05, 4.69) is 10.6 Å². The second kappa shape index (κ2) is 8.12. The topological polar surface area (TPSA) is 41.1 Å². The van der Waals surface area contributed by atoms with Crippen LogP contribution in [0, 0.1) is 11.7 Å². The van der Waals surface area contributed by atoms with Gasteiger partial charge in [0.2, 0.25) is 5.91 Å². The minimum Gasteiger partial charge on any atom is -0.356 e. The summed E-state index contributed by atoms with van der Waals surface area (Å²) in [7, 11) is 0. The van der Waals surface area contributed by atoms with Crippen LogP contribution >= 0.6 is 12.4 Å². The van der Waals surface area contributed by atoms with E-state index in [1.807, 2.05) is 0 Å². The van der Waals surface area contributed by atoms with Gasteiger partial charge in [-0.2, -0.15) is 0 Å². The molecule has 1 aliphatic rings. The standard InChI is InChI=1S/C14H19FN2O.ClH/c15-13-3-1-11(2-4-13)9-14(18)17-8-6-12-5-7-16-10-12;/h1-4,12,16H,5-10H2,(H,17,18);1H. The Morgan fingerprint density at radius 3 is 2.74 bits per heavy atom. The summed E-state index contributed by atoms with van der Waals surface area (Å²) in [6.07, 6.45) is 2.55. The summed E-state index contributed by atoms with van der Waals surface area (Å²) in [6, 6.07) is 6.06. The summed E-state index contributed by atoms with van der Waals surface area (Å²) >= 11 is 0. The average molecular weight is 287 g/mol. The predicted octanol–water partition coefficient (Wildman–Crippen LogP) is 1.91. The van der Waals surface area contributed by atoms with Gasteiger partial charge in [-0.1, -0.05) is 12.1 Å². The van der Waals surface area contributed by atoms with Crippen LogP contribution in [0.3, 0.4) is 0 Å². The molecule has 0 saturated carbocycles. The molecule has 1 saturated heterocycles. The van der Waals surface area contributed by atoms with Crippen molar-refractivity contribution in [1.29, 1.82) is 0 Å². The normalized spacial score (nSPS) is 17.8. The monoisotopic (exact) mass is 286 g/mol. The Labute approximate surface area is 119 Å². The number of nitrogens with one attached hydrogen (secondary N) is 2. The largest absolute Gasteiger partial charge is 0.356 e. The number of rotatable bonds is 5. The fourth-order valence-corrected chi connectivity index (χ4v) is 2.23. The van der Waals surface area contributed by atoms with Crippen molar-refractivity contribution in [2.24, 2.45) is 5.92 Å². The van der Waals surface area contributed by atoms with Gasteiger partial charge in [0.15, 0.2) is 0 Å². The van der Waals surface area contributed by atoms with Crippen molar-refractivity contribution in [3.63, 3.8) is 0 Å². The van der Waals surface area contributed by atoms with Crippen LogP contribution in [0.25, 0.3) is 0 Å². The maximum absolute atomic E-state index is 12.7. The number of carbonyl (C=O) groups excluding carboxylic acids is 1. The third kappa shape index (κ3) is 5.57. The average Bonchev–Trinajstić information content (AvgIpc) is 2.85. The highest BCUT2D eigenvalue weighted by Crippen LogP contribution is 2.10. The van der Waals surface area contributed by atoms with Crippen molar-refractivity contribution in [3.8, 4) is 0 Å². The molecule has 1 aromatic rings. The van der Waals surface area contributed by atoms with Gasteiger partial charge in [-0.25, -0.2) is 4.39 Å². The summed E-state index contributed by atoms with van der Waals surface area (Å²) in [6.45, 7) is 2.88. The zero-order chi connectivity index (χ0) is 12.8. The third-order valence-electron chi connectivity index (χ3n) is 3.32. The quantitative estimate of drug-likeness (QED) is 0.868. The zero-order valence-electron chi connectivity index (χ0n) is 10.8. The van der Waals surface area contributed by atoms with E-state index in [0.29, 0.717) is 12.3 Å². The number of carbonyl (C=O) groups is 1. The van der Waals surface area contributed by atoms with Crippen LogP contribution in [-0.4, -0.2) is 25.5 Å². The maximum Gasteiger partial charge on any atom is 0.224 e. The first-order valence-electron chi connectivity index (χ1n) is 6.46. The molecule has 1 heterocycles. The molecule has 0 radical (unpaired) electrons. The van der Waals surface area contributed by atoms with Crippen LogP contribution in [-0.2, 0) is 11.2 Å². The number of amides is 1. The molecule has 3 nitrogen and oxygen atoms in total. The van der Waals surface area contributed by atoms with Crippen LogP contribution in [0.4, 0.5) is 4.39 Å². The third-order valence-corrected chi connectivity index (χ3v) is 3.32. The zero-order valence-corrected chi connectivity index (χ0v) is 11.6. The second-order valence-corrected chi connectivity index (χ2v) is 4.80. The van der Waals surface area contributed by atoms with Gasteiger partial charge in [-0.15, -0.1) is 12.4 Å². The summed E-state index contributed by atoms with van der Waals surface area (Å²) < 4.78 is 12.7. The summed E-state index contributed by atoms with van der Waals surface area (Å²) in [5, 5.41) is 6.22. The van der Waals surface area contributed by atoms with Crippen LogP contribution in [0.1, 0.15) is 18.4 Å². The second-order valence-electron chi connectivity index (χ2n) is 4.80. The van der Waals surface area contributed by atoms with Gasteiger partial charge in [-0.05, 0) is 49.5 Å². The summed E-state index contributed by atoms with van der Waals surface area (Å²) in [4.78, 5) is 11.7. The Bertz CT molecular complexity index is 391. The lowest BCUT2D eigenvalue weighted by atomic mass is 10.1. The molecule has 5 heteroatoms. The van der Waals surface area contributed by atoms with Crippen molar-refractivity contribution in [1.82, 2.24) is 10.6 Å². The van der Waals surface area contributed by atoms with Crippen LogP contribution < -0.4 is 10.6 Å². The Morgan fingerprint density at radius 1 is 1.37 bits per heavy atom. The van der Waals surface area contributed by atoms with E-state index in [1.54, 1.807) is 12.1 Å². The molecule has 106 valence electrons. The molecule has 0 aliphatic carbocycles. The summed E-state index contributed by atoms with van der Waals surface area (Å²) in [5.41, 5.74) is 0.844. The molecule has 1 aliphatic heterocycles. The molecule has 1 atom stereocenters. The molecule has 2 N–H and O–H groups in total. The van der Waals surface area contributed by atoms with E-state index in [9.17, 15) is 9.18 Å². The van der Waals surface area contributed by atoms with Crippen LogP contribution in [0.15, 0.2) is 24.3 Å². The van der Waals surface area contributed by atoms with Crippen molar-refractivity contribution in [2.45, 2.75) is 19.3 Å². The van der Waals surface area contributed by atoms with E-state index in [1.165, 1.54) is 18.6 Å². The van der Waals surface area contributed by atoms with Gasteiger partial charge >= 0.3 is 0 Å². The number of hydrogen-bond acceptors (Lipinski definition) is 2. The van der Waals surface area contributed by atoms with Gasteiger partial charge in [0, 0.05) is 6.54 Å². The first-order chi connectivity index (χ1) is 8.74. The minimum atomic E-state index is -0.270. The fourth-order valence-electron chi connectivity index (χ4n) is 2.23. The Hall–Kier alpha value is -1.13. The van der Waals surface area contributed by atoms with Gasteiger partial charge in [0.1, 0.15) is 5.82 Å². The molecular formula is C14H20ClFN2O. The Balaban J connectivity index is 0.00000180. The highest BCUT2D eigenvalue weighted by Gasteiger charge is 2.14. The minimum absolute atomic E-state index is 0. The van der Waals surface area contributed by atoms with Gasteiger partial charge in [0.05, 0.1) is 6.42 Å². The van der Waals surface area contributed by atoms with Gasteiger partial charge in [-0.3, -0.25) is 4.79 Å². The fraction of sp³-hybridized carbons (Fsp3) is 0.500. The predicted molar refractivity (Wildman–Crippen MR) is 76.0 cm³/mol. The highest BCUT2D eigenvalue weighted by molar-refractivity contribution is 5.85. The highest BCUT2D eigenvalue weighted by atomic mass is 35.5. The van der Waals surface area contributed by atoms with Crippen LogP contribution in [0.5, 0.6) is 0 Å². The van der Waals surface area contributed by atoms with E-state index in [4.69, 9.17) is 0 Å². The maximum atomic E-state index is 12.7. The van der Waals surface area contributed by atoms with Crippen LogP contribution in [0.2, 0.25) is 0 Å². The van der Waals surface area contributed by atoms with Crippen molar-refractivity contribution >= 4 is 18.3 Å². The van der Waals surface area contributed by atoms with E-state index in [0.717, 1.165) is 31.6 Å². The number of halogens is 2. The summed E-state index contributed by atoms with van der Waals surface area (Å²) in [5.74, 6) is 0.427. The molecule has 0 spiro atoms. The molecule has 1 amide bonds. The molecular weight excluding hydrogens is 267 g/mol. The Morgan fingerprint density at radius 2 is 2.11 bits per heavy atom. The molecule has 1 unspecified atom stereocenters. The number of hydrogen-bond donors (Lipinski definition) is 2. The molecule has 19 heavy (non-hydrogen) atoms. The Kier molecular flexibility index (Phi) is 6.81. The molecule has 1 fully saturated rings. The van der Waals surface area contributed by atoms with E-state index < -0.39 is 0 Å². The van der Waals surface area contributed by atoms with Crippen molar-refractivity contribution in [3.05, 3.63) is 35.6 Å². The van der Waals surface area contributed by atoms with E-state index in [-0.39, 0.29) is 24.1 Å². The molecule has 0 aromatic heterocycles. The SMILES string of the molecule is Cl.O=C(Cc1ccc(F)cc1)NCCC1CCNC1. The van der Waals surface area contributed by atoms with E-state index >= 15 is 0 Å². The molecule has 2 rings (SSSR count). The lowest BCUT2D eigenvalue weighted by Crippen LogP contribution is -2.27. The first-order valence-corrected chi connectivity index (χ1v) is 6.46. The smallest absolute Gasteiger partial charge is 0.224 e.